The molecule has 0 aliphatic rings. The van der Waals surface area contributed by atoms with Crippen LogP contribution in [0.4, 0.5) is 11.5 Å². The molecule has 0 aliphatic heterocycles. The third kappa shape index (κ3) is 6.08. The number of nitrogens with one attached hydrogen (secondary N) is 1. The minimum atomic E-state index is -0.606. The van der Waals surface area contributed by atoms with Crippen molar-refractivity contribution >= 4 is 17.4 Å². The highest BCUT2D eigenvalue weighted by Crippen LogP contribution is 2.20. The van der Waals surface area contributed by atoms with Crippen LogP contribution < -0.4 is 21.9 Å². The van der Waals surface area contributed by atoms with Gasteiger partial charge < -0.3 is 10.6 Å². The zero-order valence-corrected chi connectivity index (χ0v) is 18.4. The fourth-order valence-corrected chi connectivity index (χ4v) is 3.51. The molecule has 30 heavy (non-hydrogen) atoms. The molecule has 2 rings (SSSR count). The van der Waals surface area contributed by atoms with Crippen LogP contribution in [0.5, 0.6) is 0 Å². The van der Waals surface area contributed by atoms with Crippen molar-refractivity contribution in [3.8, 4) is 0 Å². The first-order valence-corrected chi connectivity index (χ1v) is 10.9. The highest BCUT2D eigenvalue weighted by molar-refractivity contribution is 5.95. The number of benzene rings is 1. The number of nitrogens with two attached hydrogens (primary N) is 1. The Balaban J connectivity index is 2.34. The van der Waals surface area contributed by atoms with E-state index in [-0.39, 0.29) is 23.8 Å². The molecule has 0 saturated carbocycles. The summed E-state index contributed by atoms with van der Waals surface area (Å²) in [6.07, 6.45) is 5.19. The van der Waals surface area contributed by atoms with E-state index in [9.17, 15) is 14.4 Å². The van der Waals surface area contributed by atoms with Gasteiger partial charge in [0.15, 0.2) is 5.69 Å². The highest BCUT2D eigenvalue weighted by Gasteiger charge is 2.23. The Hall–Kier alpha value is -2.83. The molecule has 0 atom stereocenters. The van der Waals surface area contributed by atoms with Crippen LogP contribution in [0.2, 0.25) is 0 Å². The second-order valence-corrected chi connectivity index (χ2v) is 7.74. The third-order valence-corrected chi connectivity index (χ3v) is 5.22. The fraction of sp³-hybridized carbons (Fsp3) is 0.522. The number of carbonyl (C=O) groups excluding carboxylic acids is 1. The summed E-state index contributed by atoms with van der Waals surface area (Å²) in [7, 11) is 0. The molecule has 1 aromatic heterocycles. The average Bonchev–Trinajstić information content (AvgIpc) is 2.70. The van der Waals surface area contributed by atoms with Crippen molar-refractivity contribution in [2.45, 2.75) is 72.3 Å². The molecule has 0 radical (unpaired) electrons. The van der Waals surface area contributed by atoms with Crippen LogP contribution in [-0.4, -0.2) is 22.0 Å². The summed E-state index contributed by atoms with van der Waals surface area (Å²) in [5, 5.41) is 0. The largest absolute Gasteiger partial charge is 0.383 e. The van der Waals surface area contributed by atoms with Crippen LogP contribution in [-0.2, 0) is 17.8 Å². The molecule has 3 N–H and O–H groups in total. The standard InChI is InChI=1S/C23H34N4O3/c1-4-6-8-15-26(19(28)13-12-18-11-9-10-17(3)16-18)20-21(24)27(14-7-5-2)23(30)25-22(20)29/h9-11,16H,4-8,12-15,24H2,1-3H3,(H,25,29,30). The van der Waals surface area contributed by atoms with E-state index in [1.807, 2.05) is 32.0 Å². The summed E-state index contributed by atoms with van der Waals surface area (Å²) >= 11 is 0. The van der Waals surface area contributed by atoms with Crippen LogP contribution in [0.1, 0.15) is 63.5 Å². The lowest BCUT2D eigenvalue weighted by atomic mass is 10.1. The monoisotopic (exact) mass is 414 g/mol. The van der Waals surface area contributed by atoms with Gasteiger partial charge in [0.05, 0.1) is 0 Å². The molecule has 1 heterocycles. The van der Waals surface area contributed by atoms with E-state index < -0.39 is 11.2 Å². The van der Waals surface area contributed by atoms with Crippen molar-refractivity contribution < 1.29 is 4.79 Å². The van der Waals surface area contributed by atoms with Crippen molar-refractivity contribution in [2.24, 2.45) is 0 Å². The van der Waals surface area contributed by atoms with Gasteiger partial charge in [0.1, 0.15) is 5.82 Å². The predicted octanol–water partition coefficient (Wildman–Crippen LogP) is 3.38. The Bertz CT molecular complexity index is 962. The Morgan fingerprint density at radius 2 is 1.87 bits per heavy atom. The molecule has 1 amide bonds. The first kappa shape index (κ1) is 23.4. The summed E-state index contributed by atoms with van der Waals surface area (Å²) in [5.74, 6) is -0.0943. The number of unbranched alkanes of at least 4 members (excludes halogenated alkanes) is 3. The molecule has 0 aliphatic carbocycles. The number of nitrogen functional groups attached to an aromatic ring is 1. The van der Waals surface area contributed by atoms with Gasteiger partial charge in [-0.15, -0.1) is 0 Å². The first-order chi connectivity index (χ1) is 14.4. The second kappa shape index (κ2) is 11.4. The van der Waals surface area contributed by atoms with Crippen molar-refractivity contribution in [3.05, 3.63) is 56.2 Å². The van der Waals surface area contributed by atoms with Gasteiger partial charge in [0.25, 0.3) is 5.56 Å². The van der Waals surface area contributed by atoms with E-state index >= 15 is 0 Å². The summed E-state index contributed by atoms with van der Waals surface area (Å²) < 4.78 is 1.36. The fourth-order valence-electron chi connectivity index (χ4n) is 3.51. The van der Waals surface area contributed by atoms with Crippen molar-refractivity contribution in [2.75, 3.05) is 17.2 Å². The van der Waals surface area contributed by atoms with Crippen LogP contribution in [0, 0.1) is 6.92 Å². The number of carbonyl (C=O) groups is 1. The first-order valence-electron chi connectivity index (χ1n) is 10.9. The van der Waals surface area contributed by atoms with E-state index in [0.29, 0.717) is 19.5 Å². The smallest absolute Gasteiger partial charge is 0.330 e. The molecule has 7 nitrogen and oxygen atoms in total. The molecule has 0 fully saturated rings. The lowest BCUT2D eigenvalue weighted by Gasteiger charge is -2.24. The highest BCUT2D eigenvalue weighted by atomic mass is 16.2. The molecule has 0 spiro atoms. The van der Waals surface area contributed by atoms with Crippen LogP contribution in [0.15, 0.2) is 33.9 Å². The van der Waals surface area contributed by atoms with Gasteiger partial charge in [-0.2, -0.15) is 0 Å². The minimum Gasteiger partial charge on any atom is -0.383 e. The second-order valence-electron chi connectivity index (χ2n) is 7.74. The van der Waals surface area contributed by atoms with E-state index in [1.54, 1.807) is 0 Å². The quantitative estimate of drug-likeness (QED) is 0.550. The van der Waals surface area contributed by atoms with Crippen molar-refractivity contribution in [1.29, 1.82) is 0 Å². The number of aromatic amines is 1. The molecule has 1 aromatic carbocycles. The predicted molar refractivity (Wildman–Crippen MR) is 122 cm³/mol. The number of H-pyrrole nitrogens is 1. The number of aromatic nitrogens is 2. The SMILES string of the molecule is CCCCCN(C(=O)CCc1cccc(C)c1)c1c(N)n(CCCC)c(=O)[nH]c1=O. The Morgan fingerprint density at radius 3 is 2.53 bits per heavy atom. The number of anilines is 2. The zero-order valence-electron chi connectivity index (χ0n) is 18.4. The van der Waals surface area contributed by atoms with Gasteiger partial charge >= 0.3 is 5.69 Å². The van der Waals surface area contributed by atoms with Gasteiger partial charge in [-0.25, -0.2) is 4.79 Å². The van der Waals surface area contributed by atoms with E-state index in [1.165, 1.54) is 9.47 Å². The van der Waals surface area contributed by atoms with Crippen LogP contribution in [0.3, 0.4) is 0 Å². The van der Waals surface area contributed by atoms with Gasteiger partial charge in [-0.3, -0.25) is 19.1 Å². The lowest BCUT2D eigenvalue weighted by Crippen LogP contribution is -2.41. The number of hydrogen-bond donors (Lipinski definition) is 2. The number of aryl methyl sites for hydroxylation is 2. The normalized spacial score (nSPS) is 10.9. The molecular formula is C23H34N4O3. The molecule has 2 aromatic rings. The van der Waals surface area contributed by atoms with Gasteiger partial charge in [-0.1, -0.05) is 62.9 Å². The average molecular weight is 415 g/mol. The Kier molecular flexibility index (Phi) is 8.89. The maximum atomic E-state index is 13.1. The number of hydrogen-bond acceptors (Lipinski definition) is 4. The maximum absolute atomic E-state index is 13.1. The minimum absolute atomic E-state index is 0.0672. The number of nitrogens with zero attached hydrogens (tertiary/aromatic N) is 2. The van der Waals surface area contributed by atoms with Crippen molar-refractivity contribution in [3.63, 3.8) is 0 Å². The van der Waals surface area contributed by atoms with Gasteiger partial charge in [0, 0.05) is 19.5 Å². The molecule has 164 valence electrons. The van der Waals surface area contributed by atoms with E-state index in [0.717, 1.165) is 43.2 Å². The topological polar surface area (TPSA) is 101 Å². The third-order valence-electron chi connectivity index (χ3n) is 5.22. The molecule has 0 saturated heterocycles. The number of rotatable bonds is 11. The molecule has 0 bridgehead atoms. The van der Waals surface area contributed by atoms with Crippen molar-refractivity contribution in [1.82, 2.24) is 9.55 Å². The summed E-state index contributed by atoms with van der Waals surface area (Å²) in [4.78, 5) is 41.8. The van der Waals surface area contributed by atoms with Gasteiger partial charge in [0.2, 0.25) is 5.91 Å². The van der Waals surface area contributed by atoms with E-state index in [2.05, 4.69) is 18.0 Å². The molecule has 7 heteroatoms. The zero-order chi connectivity index (χ0) is 22.1. The lowest BCUT2D eigenvalue weighted by molar-refractivity contribution is -0.118. The van der Waals surface area contributed by atoms with E-state index in [4.69, 9.17) is 5.73 Å². The Morgan fingerprint density at radius 1 is 1.13 bits per heavy atom. The molecular weight excluding hydrogens is 380 g/mol. The summed E-state index contributed by atoms with van der Waals surface area (Å²) in [5.41, 5.74) is 7.42. The number of amides is 1. The van der Waals surface area contributed by atoms with Crippen LogP contribution >= 0.6 is 0 Å². The Labute approximate surface area is 177 Å². The molecule has 0 unspecified atom stereocenters. The summed E-state index contributed by atoms with van der Waals surface area (Å²) in [6, 6.07) is 8.04. The maximum Gasteiger partial charge on any atom is 0.330 e. The van der Waals surface area contributed by atoms with Crippen LogP contribution in [0.25, 0.3) is 0 Å². The van der Waals surface area contributed by atoms with Gasteiger partial charge in [-0.05, 0) is 31.7 Å². The summed E-state index contributed by atoms with van der Waals surface area (Å²) in [6.45, 7) is 6.92.